The molecule has 0 aliphatic carbocycles. The number of aromatic carboxylic acids is 1. The topological polar surface area (TPSA) is 83.8 Å². The minimum absolute atomic E-state index is 0.00761. The Kier molecular flexibility index (Phi) is 6.75. The van der Waals surface area contributed by atoms with Crippen molar-refractivity contribution in [2.24, 2.45) is 0 Å². The predicted molar refractivity (Wildman–Crippen MR) is 73.8 cm³/mol. The van der Waals surface area contributed by atoms with Crippen LogP contribution in [0.1, 0.15) is 10.5 Å². The maximum atomic E-state index is 11.6. The van der Waals surface area contributed by atoms with Crippen molar-refractivity contribution in [1.82, 2.24) is 14.8 Å². The second-order valence-corrected chi connectivity index (χ2v) is 4.59. The Morgan fingerprint density at radius 3 is 2.80 bits per heavy atom. The van der Waals surface area contributed by atoms with Gasteiger partial charge >= 0.3 is 5.97 Å². The fourth-order valence-electron chi connectivity index (χ4n) is 1.57. The lowest BCUT2D eigenvalue weighted by molar-refractivity contribution is -0.121. The lowest BCUT2D eigenvalue weighted by atomic mass is 10.4. The fourth-order valence-corrected chi connectivity index (χ4v) is 1.57. The molecule has 0 saturated heterocycles. The number of rotatable bonds is 9. The Morgan fingerprint density at radius 2 is 2.15 bits per heavy atom. The Hall–Kier alpha value is -1.86. The van der Waals surface area contributed by atoms with E-state index in [2.05, 4.69) is 5.32 Å². The lowest BCUT2D eigenvalue weighted by Crippen LogP contribution is -2.31. The van der Waals surface area contributed by atoms with E-state index in [4.69, 9.17) is 9.84 Å². The van der Waals surface area contributed by atoms with Gasteiger partial charge in [0.05, 0.1) is 13.2 Å². The van der Waals surface area contributed by atoms with Gasteiger partial charge in [0.15, 0.2) is 0 Å². The number of carboxylic acid groups (broad SMARTS) is 1. The van der Waals surface area contributed by atoms with E-state index in [1.807, 2.05) is 19.0 Å². The second kappa shape index (κ2) is 8.34. The third-order valence-electron chi connectivity index (χ3n) is 2.61. The average molecular weight is 283 g/mol. The third-order valence-corrected chi connectivity index (χ3v) is 2.61. The zero-order chi connectivity index (χ0) is 15.0. The summed E-state index contributed by atoms with van der Waals surface area (Å²) in [4.78, 5) is 24.5. The van der Waals surface area contributed by atoms with Crippen LogP contribution in [0.15, 0.2) is 18.3 Å². The summed E-state index contributed by atoms with van der Waals surface area (Å²) in [6, 6.07) is 3.06. The summed E-state index contributed by atoms with van der Waals surface area (Å²) in [6.45, 7) is 2.29. The fraction of sp³-hybridized carbons (Fsp3) is 0.538. The number of likely N-dealkylation sites (N-methyl/N-ethyl adjacent to an activating group) is 1. The van der Waals surface area contributed by atoms with E-state index in [-0.39, 0.29) is 18.1 Å². The van der Waals surface area contributed by atoms with Crippen molar-refractivity contribution in [2.45, 2.75) is 6.54 Å². The number of aromatic nitrogens is 1. The zero-order valence-corrected chi connectivity index (χ0v) is 11.8. The van der Waals surface area contributed by atoms with Gasteiger partial charge in [-0.3, -0.25) is 4.79 Å². The van der Waals surface area contributed by atoms with E-state index < -0.39 is 5.97 Å². The first-order valence-corrected chi connectivity index (χ1v) is 6.38. The molecule has 0 aliphatic heterocycles. The highest BCUT2D eigenvalue weighted by molar-refractivity contribution is 5.86. The van der Waals surface area contributed by atoms with Crippen LogP contribution in [0, 0.1) is 0 Å². The van der Waals surface area contributed by atoms with Crippen molar-refractivity contribution in [3.05, 3.63) is 24.0 Å². The highest BCUT2D eigenvalue weighted by atomic mass is 16.5. The van der Waals surface area contributed by atoms with Crippen LogP contribution in [0.25, 0.3) is 0 Å². The van der Waals surface area contributed by atoms with Crippen molar-refractivity contribution in [1.29, 1.82) is 0 Å². The Labute approximate surface area is 118 Å². The molecule has 1 amide bonds. The quantitative estimate of drug-likeness (QED) is 0.617. The molecule has 0 radical (unpaired) electrons. The van der Waals surface area contributed by atoms with E-state index in [0.717, 1.165) is 6.54 Å². The van der Waals surface area contributed by atoms with Crippen molar-refractivity contribution < 1.29 is 19.4 Å². The molecule has 0 aromatic carbocycles. The van der Waals surface area contributed by atoms with Crippen LogP contribution in [0.5, 0.6) is 0 Å². The van der Waals surface area contributed by atoms with Crippen LogP contribution in [0.2, 0.25) is 0 Å². The standard InChI is InChI=1S/C13H21N3O4/c1-15(2)7-9-20-8-5-14-12(17)10-16-6-3-4-11(16)13(18)19/h3-4,6H,5,7-10H2,1-2H3,(H,14,17)(H,18,19). The second-order valence-electron chi connectivity index (χ2n) is 4.59. The molecule has 1 heterocycles. The van der Waals surface area contributed by atoms with Gasteiger partial charge in [-0.05, 0) is 26.2 Å². The van der Waals surface area contributed by atoms with Gasteiger partial charge in [0.1, 0.15) is 12.2 Å². The number of ether oxygens (including phenoxy) is 1. The molecule has 0 bridgehead atoms. The van der Waals surface area contributed by atoms with E-state index in [9.17, 15) is 9.59 Å². The molecular formula is C13H21N3O4. The van der Waals surface area contributed by atoms with Crippen LogP contribution in [0.4, 0.5) is 0 Å². The number of nitrogens with one attached hydrogen (secondary N) is 1. The van der Waals surface area contributed by atoms with Gasteiger partial charge in [0.25, 0.3) is 0 Å². The molecular weight excluding hydrogens is 262 g/mol. The van der Waals surface area contributed by atoms with Gasteiger partial charge in [-0.1, -0.05) is 0 Å². The molecule has 7 nitrogen and oxygen atoms in total. The normalized spacial score (nSPS) is 10.8. The largest absolute Gasteiger partial charge is 0.477 e. The molecule has 0 unspecified atom stereocenters. The minimum atomic E-state index is -1.05. The molecule has 0 spiro atoms. The number of nitrogens with zero attached hydrogens (tertiary/aromatic N) is 2. The van der Waals surface area contributed by atoms with Crippen molar-refractivity contribution >= 4 is 11.9 Å². The smallest absolute Gasteiger partial charge is 0.352 e. The Morgan fingerprint density at radius 1 is 1.40 bits per heavy atom. The van der Waals surface area contributed by atoms with Crippen LogP contribution >= 0.6 is 0 Å². The number of carboxylic acids is 1. The highest BCUT2D eigenvalue weighted by Gasteiger charge is 2.11. The zero-order valence-electron chi connectivity index (χ0n) is 11.8. The van der Waals surface area contributed by atoms with Crippen LogP contribution in [-0.4, -0.2) is 66.8 Å². The molecule has 20 heavy (non-hydrogen) atoms. The highest BCUT2D eigenvalue weighted by Crippen LogP contribution is 2.01. The summed E-state index contributed by atoms with van der Waals surface area (Å²) in [6.07, 6.45) is 1.57. The molecule has 0 saturated carbocycles. The van der Waals surface area contributed by atoms with Gasteiger partial charge in [0, 0.05) is 19.3 Å². The molecule has 112 valence electrons. The minimum Gasteiger partial charge on any atom is -0.477 e. The maximum Gasteiger partial charge on any atom is 0.352 e. The maximum absolute atomic E-state index is 11.6. The molecule has 2 N–H and O–H groups in total. The van der Waals surface area contributed by atoms with Crippen molar-refractivity contribution in [2.75, 3.05) is 40.4 Å². The molecule has 1 aromatic heterocycles. The first-order valence-electron chi connectivity index (χ1n) is 6.38. The Balaban J connectivity index is 2.20. The number of carbonyl (C=O) groups excluding carboxylic acids is 1. The summed E-state index contributed by atoms with van der Waals surface area (Å²) < 4.78 is 6.73. The summed E-state index contributed by atoms with van der Waals surface area (Å²) in [5.41, 5.74) is 0.0994. The molecule has 1 rings (SSSR count). The monoisotopic (exact) mass is 283 g/mol. The van der Waals surface area contributed by atoms with E-state index >= 15 is 0 Å². The van der Waals surface area contributed by atoms with Gasteiger partial charge in [-0.2, -0.15) is 0 Å². The number of amides is 1. The Bertz CT molecular complexity index is 443. The average Bonchev–Trinajstić information content (AvgIpc) is 2.81. The van der Waals surface area contributed by atoms with Crippen LogP contribution in [-0.2, 0) is 16.1 Å². The van der Waals surface area contributed by atoms with Crippen LogP contribution < -0.4 is 5.32 Å². The van der Waals surface area contributed by atoms with E-state index in [1.54, 1.807) is 12.3 Å². The summed E-state index contributed by atoms with van der Waals surface area (Å²) in [7, 11) is 3.92. The first-order chi connectivity index (χ1) is 9.50. The van der Waals surface area contributed by atoms with Crippen molar-refractivity contribution in [3.8, 4) is 0 Å². The van der Waals surface area contributed by atoms with E-state index in [0.29, 0.717) is 19.8 Å². The van der Waals surface area contributed by atoms with E-state index in [1.165, 1.54) is 10.6 Å². The third kappa shape index (κ3) is 5.85. The van der Waals surface area contributed by atoms with Gasteiger partial charge in [-0.25, -0.2) is 4.79 Å². The predicted octanol–water partition coefficient (Wildman–Crippen LogP) is -0.119. The summed E-state index contributed by atoms with van der Waals surface area (Å²) in [5, 5.41) is 11.6. The molecule has 0 atom stereocenters. The summed E-state index contributed by atoms with van der Waals surface area (Å²) in [5.74, 6) is -1.28. The molecule has 1 aromatic rings. The number of carbonyl (C=O) groups is 2. The molecule has 7 heteroatoms. The summed E-state index contributed by atoms with van der Waals surface area (Å²) >= 11 is 0. The SMILES string of the molecule is CN(C)CCOCCNC(=O)Cn1cccc1C(=O)O. The number of hydrogen-bond donors (Lipinski definition) is 2. The molecule has 0 aliphatic rings. The number of hydrogen-bond acceptors (Lipinski definition) is 4. The lowest BCUT2D eigenvalue weighted by Gasteiger charge is -2.11. The van der Waals surface area contributed by atoms with Gasteiger partial charge < -0.3 is 24.6 Å². The van der Waals surface area contributed by atoms with Gasteiger partial charge in [-0.15, -0.1) is 0 Å². The first kappa shape index (κ1) is 16.2. The van der Waals surface area contributed by atoms with Gasteiger partial charge in [0.2, 0.25) is 5.91 Å². The molecule has 0 fully saturated rings. The van der Waals surface area contributed by atoms with Crippen LogP contribution in [0.3, 0.4) is 0 Å². The van der Waals surface area contributed by atoms with Crippen molar-refractivity contribution in [3.63, 3.8) is 0 Å².